The van der Waals surface area contributed by atoms with Crippen molar-refractivity contribution >= 4 is 33.3 Å². The third-order valence-corrected chi connectivity index (χ3v) is 7.09. The summed E-state index contributed by atoms with van der Waals surface area (Å²) in [7, 11) is 0. The average molecular weight is 384 g/mol. The number of hydrogen-bond acceptors (Lipinski definition) is 5. The Balaban J connectivity index is 1.89. The standard InChI is InChI=1S/C15H19NO3S2.Ni/c1-10(13-16-15(2,9-21-13)14(18)19)7-20-8-11-5-3-4-6-12(11)17;/h3-6,10,13,16-17H,7,9H2,1-2H3,(H,18,19);/t10?,13-,15-;/m1./s1. The van der Waals surface area contributed by atoms with Crippen molar-refractivity contribution in [2.24, 2.45) is 5.92 Å². The van der Waals surface area contributed by atoms with Crippen LogP contribution in [0.1, 0.15) is 19.4 Å². The van der Waals surface area contributed by atoms with Crippen molar-refractivity contribution < 1.29 is 30.0 Å². The van der Waals surface area contributed by atoms with Crippen LogP contribution in [-0.4, -0.2) is 42.4 Å². The van der Waals surface area contributed by atoms with Crippen molar-refractivity contribution in [2.75, 3.05) is 11.5 Å². The summed E-state index contributed by atoms with van der Waals surface area (Å²) in [6.07, 6.45) is 0. The van der Waals surface area contributed by atoms with Gasteiger partial charge in [-0.1, -0.05) is 0 Å². The zero-order chi connectivity index (χ0) is 16.3. The first-order valence-corrected chi connectivity index (χ1v) is 9.39. The SMILES string of the molecule is CC(CS[C](=[Ni])c1ccccc1O)[C@@H]1N[C@@](C)(C(=O)O)CS1. The summed E-state index contributed by atoms with van der Waals surface area (Å²) < 4.78 is 0.703. The third kappa shape index (κ3) is 4.07. The van der Waals surface area contributed by atoms with Gasteiger partial charge in [0.25, 0.3) is 0 Å². The number of phenolic OH excluding ortho intramolecular Hbond substituents is 1. The molecule has 1 aliphatic heterocycles. The van der Waals surface area contributed by atoms with Crippen LogP contribution in [0.3, 0.4) is 0 Å². The molecule has 3 N–H and O–H groups in total. The van der Waals surface area contributed by atoms with E-state index >= 15 is 0 Å². The molecule has 1 unspecified atom stereocenters. The molecule has 1 saturated heterocycles. The second-order valence-electron chi connectivity index (χ2n) is 5.56. The zero-order valence-corrected chi connectivity index (χ0v) is 14.9. The summed E-state index contributed by atoms with van der Waals surface area (Å²) in [4.78, 5) is 11.3. The fourth-order valence-corrected chi connectivity index (χ4v) is 5.06. The molecule has 0 saturated carbocycles. The Bertz CT molecular complexity index is 584. The number of para-hydroxylation sites is 1. The van der Waals surface area contributed by atoms with Gasteiger partial charge in [0.05, 0.1) is 0 Å². The van der Waals surface area contributed by atoms with Gasteiger partial charge in [-0.05, 0) is 0 Å². The van der Waals surface area contributed by atoms with Crippen LogP contribution in [0.15, 0.2) is 24.3 Å². The first-order chi connectivity index (χ1) is 10.3. The Kier molecular flexibility index (Phi) is 6.00. The Morgan fingerprint density at radius 3 is 2.86 bits per heavy atom. The van der Waals surface area contributed by atoms with Gasteiger partial charge in [-0.3, -0.25) is 0 Å². The van der Waals surface area contributed by atoms with Crippen molar-refractivity contribution in [1.82, 2.24) is 5.32 Å². The van der Waals surface area contributed by atoms with Gasteiger partial charge in [0, 0.05) is 0 Å². The molecule has 2 rings (SSSR count). The number of aromatic hydroxyl groups is 1. The third-order valence-electron chi connectivity index (χ3n) is 3.56. The molecule has 4 nitrogen and oxygen atoms in total. The van der Waals surface area contributed by atoms with Gasteiger partial charge in [-0.2, -0.15) is 0 Å². The molecule has 1 aliphatic rings. The summed E-state index contributed by atoms with van der Waals surface area (Å²) in [5.74, 6) is 1.01. The van der Waals surface area contributed by atoms with Crippen LogP contribution in [-0.2, 0) is 19.8 Å². The van der Waals surface area contributed by atoms with Gasteiger partial charge in [0.15, 0.2) is 0 Å². The van der Waals surface area contributed by atoms with Crippen LogP contribution in [0.5, 0.6) is 5.75 Å². The summed E-state index contributed by atoms with van der Waals surface area (Å²) in [5.41, 5.74) is -0.156. The van der Waals surface area contributed by atoms with Crippen LogP contribution in [0.2, 0.25) is 0 Å². The zero-order valence-electron chi connectivity index (χ0n) is 12.3. The number of carbonyl (C=O) groups is 1. The van der Waals surface area contributed by atoms with Gasteiger partial charge >= 0.3 is 146 Å². The molecular weight excluding hydrogens is 365 g/mol. The van der Waals surface area contributed by atoms with E-state index in [1.54, 1.807) is 30.8 Å². The topological polar surface area (TPSA) is 69.6 Å². The summed E-state index contributed by atoms with van der Waals surface area (Å²) in [6.45, 7) is 3.81. The first-order valence-electron chi connectivity index (χ1n) is 6.87. The minimum atomic E-state index is -0.852. The quantitative estimate of drug-likeness (QED) is 0.654. The van der Waals surface area contributed by atoms with E-state index < -0.39 is 11.5 Å². The molecule has 1 fully saturated rings. The summed E-state index contributed by atoms with van der Waals surface area (Å²) >= 11 is 8.21. The molecule has 0 amide bonds. The van der Waals surface area contributed by atoms with Crippen LogP contribution in [0, 0.1) is 5.92 Å². The Morgan fingerprint density at radius 2 is 2.27 bits per heavy atom. The Labute approximate surface area is 146 Å². The number of benzene rings is 1. The van der Waals surface area contributed by atoms with Crippen molar-refractivity contribution in [3.8, 4) is 5.75 Å². The first kappa shape index (κ1) is 17.9. The second kappa shape index (κ2) is 7.39. The molecule has 22 heavy (non-hydrogen) atoms. The van der Waals surface area contributed by atoms with E-state index in [4.69, 9.17) is 15.0 Å². The van der Waals surface area contributed by atoms with E-state index in [9.17, 15) is 15.0 Å². The van der Waals surface area contributed by atoms with E-state index in [1.807, 2.05) is 12.1 Å². The Hall–Kier alpha value is -0.486. The van der Waals surface area contributed by atoms with Crippen molar-refractivity contribution in [3.63, 3.8) is 0 Å². The van der Waals surface area contributed by atoms with Crippen LogP contribution < -0.4 is 5.32 Å². The summed E-state index contributed by atoms with van der Waals surface area (Å²) in [6, 6.07) is 7.07. The number of thioether (sulfide) groups is 2. The van der Waals surface area contributed by atoms with E-state index in [-0.39, 0.29) is 17.0 Å². The average Bonchev–Trinajstić information content (AvgIpc) is 2.89. The van der Waals surface area contributed by atoms with Gasteiger partial charge in [-0.15, -0.1) is 0 Å². The fourth-order valence-electron chi connectivity index (χ4n) is 2.08. The fraction of sp³-hybridized carbons (Fsp3) is 0.467. The maximum absolute atomic E-state index is 11.3. The predicted octanol–water partition coefficient (Wildman–Crippen LogP) is 2.29. The molecule has 0 aromatic heterocycles. The van der Waals surface area contributed by atoms with E-state index in [0.717, 1.165) is 5.75 Å². The molecular formula is C15H19NNiO3S2. The molecule has 0 aliphatic carbocycles. The molecule has 1 heterocycles. The molecule has 0 radical (unpaired) electrons. The predicted molar refractivity (Wildman–Crippen MR) is 89.3 cm³/mol. The van der Waals surface area contributed by atoms with Gasteiger partial charge in [0.1, 0.15) is 0 Å². The van der Waals surface area contributed by atoms with Gasteiger partial charge in [-0.25, -0.2) is 0 Å². The molecule has 7 heteroatoms. The van der Waals surface area contributed by atoms with Crippen LogP contribution >= 0.6 is 23.5 Å². The van der Waals surface area contributed by atoms with Crippen LogP contribution in [0.4, 0.5) is 0 Å². The van der Waals surface area contributed by atoms with Crippen molar-refractivity contribution in [2.45, 2.75) is 24.8 Å². The Morgan fingerprint density at radius 1 is 1.59 bits per heavy atom. The monoisotopic (exact) mass is 383 g/mol. The normalized spacial score (nSPS) is 25.9. The summed E-state index contributed by atoms with van der Waals surface area (Å²) in [5, 5.41) is 22.4. The molecule has 0 spiro atoms. The van der Waals surface area contributed by atoms with Crippen LogP contribution in [0.25, 0.3) is 0 Å². The van der Waals surface area contributed by atoms with E-state index in [0.29, 0.717) is 15.1 Å². The molecule has 1 aromatic carbocycles. The second-order valence-corrected chi connectivity index (χ2v) is 8.50. The van der Waals surface area contributed by atoms with Gasteiger partial charge in [0.2, 0.25) is 0 Å². The number of carboxylic acid groups (broad SMARTS) is 1. The maximum atomic E-state index is 11.3. The van der Waals surface area contributed by atoms with Crippen molar-refractivity contribution in [3.05, 3.63) is 29.8 Å². The number of carboxylic acids is 1. The van der Waals surface area contributed by atoms with Gasteiger partial charge < -0.3 is 0 Å². The van der Waals surface area contributed by atoms with E-state index in [2.05, 4.69) is 12.2 Å². The number of aliphatic carboxylic acids is 1. The number of nitrogens with one attached hydrogen (secondary N) is 1. The number of hydrogen-bond donors (Lipinski definition) is 3. The van der Waals surface area contributed by atoms with Crippen molar-refractivity contribution in [1.29, 1.82) is 0 Å². The number of rotatable bonds is 6. The molecule has 124 valence electrons. The molecule has 1 aromatic rings. The minimum absolute atomic E-state index is 0.103. The van der Waals surface area contributed by atoms with E-state index in [1.165, 1.54) is 11.8 Å². The number of phenols is 1. The molecule has 3 atom stereocenters. The molecule has 0 bridgehead atoms.